The van der Waals surface area contributed by atoms with Gasteiger partial charge in [-0.3, -0.25) is 4.98 Å². The summed E-state index contributed by atoms with van der Waals surface area (Å²) in [7, 11) is 0. The van der Waals surface area contributed by atoms with Gasteiger partial charge in [0.25, 0.3) is 0 Å². The molecule has 1 N–H and O–H groups in total. The fourth-order valence-corrected chi connectivity index (χ4v) is 3.60. The van der Waals surface area contributed by atoms with Crippen molar-refractivity contribution in [1.29, 1.82) is 0 Å². The molecule has 20 heavy (non-hydrogen) atoms. The van der Waals surface area contributed by atoms with Crippen LogP contribution in [0.25, 0.3) is 0 Å². The molecule has 1 aliphatic rings. The molecule has 2 nitrogen and oxygen atoms in total. The Morgan fingerprint density at radius 2 is 2.25 bits per heavy atom. The summed E-state index contributed by atoms with van der Waals surface area (Å²) in [6.45, 7) is 3.13. The Balaban J connectivity index is 1.96. The van der Waals surface area contributed by atoms with E-state index in [9.17, 15) is 0 Å². The Morgan fingerprint density at radius 1 is 1.35 bits per heavy atom. The van der Waals surface area contributed by atoms with E-state index in [0.29, 0.717) is 12.0 Å². The highest BCUT2D eigenvalue weighted by Gasteiger charge is 2.31. The molecule has 1 aromatic carbocycles. The molecule has 2 atom stereocenters. The van der Waals surface area contributed by atoms with Gasteiger partial charge in [-0.1, -0.05) is 41.1 Å². The van der Waals surface area contributed by atoms with Crippen molar-refractivity contribution in [2.24, 2.45) is 0 Å². The number of likely N-dealkylation sites (N-methyl/N-ethyl adjacent to an activating group) is 1. The van der Waals surface area contributed by atoms with Crippen LogP contribution >= 0.6 is 15.9 Å². The lowest BCUT2D eigenvalue weighted by molar-refractivity contribution is 0.447. The second-order valence-corrected chi connectivity index (χ2v) is 6.20. The minimum absolute atomic E-state index is 0.341. The summed E-state index contributed by atoms with van der Waals surface area (Å²) in [5, 5.41) is 3.65. The monoisotopic (exact) mass is 330 g/mol. The maximum Gasteiger partial charge on any atom is 0.0485 e. The number of hydrogen-bond donors (Lipinski definition) is 1. The molecular weight excluding hydrogens is 312 g/mol. The second-order valence-electron chi connectivity index (χ2n) is 5.28. The Kier molecular flexibility index (Phi) is 4.18. The summed E-state index contributed by atoms with van der Waals surface area (Å²) in [5.74, 6) is 0.473. The van der Waals surface area contributed by atoms with Gasteiger partial charge in [-0.25, -0.2) is 0 Å². The summed E-state index contributed by atoms with van der Waals surface area (Å²) >= 11 is 3.58. The highest BCUT2D eigenvalue weighted by atomic mass is 79.9. The number of aryl methyl sites for hydroxylation is 1. The highest BCUT2D eigenvalue weighted by Crippen LogP contribution is 2.40. The first-order valence-corrected chi connectivity index (χ1v) is 8.01. The summed E-state index contributed by atoms with van der Waals surface area (Å²) in [6, 6.07) is 13.2. The fourth-order valence-electron chi connectivity index (χ4n) is 3.18. The molecule has 3 rings (SSSR count). The van der Waals surface area contributed by atoms with Crippen LogP contribution < -0.4 is 5.32 Å². The van der Waals surface area contributed by atoms with Gasteiger partial charge in [-0.15, -0.1) is 0 Å². The van der Waals surface area contributed by atoms with Crippen LogP contribution in [0.15, 0.2) is 47.1 Å². The Morgan fingerprint density at radius 3 is 3.05 bits per heavy atom. The van der Waals surface area contributed by atoms with Crippen molar-refractivity contribution in [3.8, 4) is 0 Å². The largest absolute Gasteiger partial charge is 0.310 e. The molecule has 0 radical (unpaired) electrons. The smallest absolute Gasteiger partial charge is 0.0485 e. The lowest BCUT2D eigenvalue weighted by Crippen LogP contribution is -2.26. The van der Waals surface area contributed by atoms with Crippen molar-refractivity contribution in [1.82, 2.24) is 10.3 Å². The normalized spacial score (nSPS) is 18.8. The highest BCUT2D eigenvalue weighted by molar-refractivity contribution is 9.10. The van der Waals surface area contributed by atoms with E-state index in [2.05, 4.69) is 63.5 Å². The summed E-state index contributed by atoms with van der Waals surface area (Å²) in [4.78, 5) is 4.64. The third-order valence-corrected chi connectivity index (χ3v) is 4.53. The van der Waals surface area contributed by atoms with Crippen molar-refractivity contribution in [2.45, 2.75) is 31.7 Å². The number of nitrogens with zero attached hydrogens (tertiary/aromatic N) is 1. The summed E-state index contributed by atoms with van der Waals surface area (Å²) < 4.78 is 1.14. The first kappa shape index (κ1) is 13.8. The van der Waals surface area contributed by atoms with Crippen LogP contribution in [0, 0.1) is 0 Å². The van der Waals surface area contributed by atoms with E-state index in [4.69, 9.17) is 0 Å². The molecule has 0 fully saturated rings. The number of rotatable bonds is 4. The number of halogens is 1. The first-order valence-electron chi connectivity index (χ1n) is 7.22. The molecule has 0 bridgehead atoms. The topological polar surface area (TPSA) is 24.9 Å². The van der Waals surface area contributed by atoms with E-state index < -0.39 is 0 Å². The average molecular weight is 331 g/mol. The zero-order valence-electron chi connectivity index (χ0n) is 11.6. The van der Waals surface area contributed by atoms with Crippen molar-refractivity contribution in [3.05, 3.63) is 63.9 Å². The number of hydrogen-bond acceptors (Lipinski definition) is 2. The van der Waals surface area contributed by atoms with Gasteiger partial charge in [0.1, 0.15) is 0 Å². The lowest BCUT2D eigenvalue weighted by Gasteiger charge is -2.25. The molecule has 2 aromatic rings. The quantitative estimate of drug-likeness (QED) is 0.907. The molecule has 0 saturated heterocycles. The molecule has 1 aromatic heterocycles. The van der Waals surface area contributed by atoms with Crippen LogP contribution in [0.1, 0.15) is 42.1 Å². The third kappa shape index (κ3) is 2.65. The van der Waals surface area contributed by atoms with E-state index in [1.807, 2.05) is 12.3 Å². The maximum absolute atomic E-state index is 4.64. The van der Waals surface area contributed by atoms with Crippen LogP contribution in [0.4, 0.5) is 0 Å². The van der Waals surface area contributed by atoms with Crippen molar-refractivity contribution >= 4 is 15.9 Å². The maximum atomic E-state index is 4.64. The standard InChI is InChI=1S/C17H19BrN2/c1-2-19-17(13-5-3-7-14(18)11-13)15-9-8-12-6-4-10-20-16(12)15/h3-7,10-11,15,17,19H,2,8-9H2,1H3. The second kappa shape index (κ2) is 6.06. The average Bonchev–Trinajstić information content (AvgIpc) is 2.88. The molecule has 0 spiro atoms. The molecule has 0 aliphatic heterocycles. The number of aromatic nitrogens is 1. The van der Waals surface area contributed by atoms with Crippen molar-refractivity contribution < 1.29 is 0 Å². The van der Waals surface area contributed by atoms with E-state index in [1.165, 1.54) is 23.2 Å². The molecular formula is C17H19BrN2. The summed E-state index contributed by atoms with van der Waals surface area (Å²) in [6.07, 6.45) is 4.24. The van der Waals surface area contributed by atoms with Gasteiger partial charge in [0, 0.05) is 28.3 Å². The Bertz CT molecular complexity index is 597. The Hall–Kier alpha value is -1.19. The van der Waals surface area contributed by atoms with Gasteiger partial charge in [0.05, 0.1) is 0 Å². The van der Waals surface area contributed by atoms with Crippen LogP contribution in [0.5, 0.6) is 0 Å². The minimum Gasteiger partial charge on any atom is -0.310 e. The number of pyridine rings is 1. The van der Waals surface area contributed by atoms with Crippen molar-refractivity contribution in [3.63, 3.8) is 0 Å². The molecule has 1 aliphatic carbocycles. The number of nitrogens with one attached hydrogen (secondary N) is 1. The van der Waals surface area contributed by atoms with E-state index in [0.717, 1.165) is 17.4 Å². The molecule has 2 unspecified atom stereocenters. The van der Waals surface area contributed by atoms with E-state index in [-0.39, 0.29) is 0 Å². The van der Waals surface area contributed by atoms with Crippen LogP contribution in [-0.2, 0) is 6.42 Å². The zero-order chi connectivity index (χ0) is 13.9. The number of fused-ring (bicyclic) bond motifs is 1. The van der Waals surface area contributed by atoms with Crippen LogP contribution in [0.2, 0.25) is 0 Å². The molecule has 0 saturated carbocycles. The third-order valence-electron chi connectivity index (χ3n) is 4.04. The van der Waals surface area contributed by atoms with Gasteiger partial charge in [0.15, 0.2) is 0 Å². The van der Waals surface area contributed by atoms with Gasteiger partial charge in [-0.2, -0.15) is 0 Å². The predicted molar refractivity (Wildman–Crippen MR) is 85.9 cm³/mol. The summed E-state index contributed by atoms with van der Waals surface area (Å²) in [5.41, 5.74) is 4.03. The van der Waals surface area contributed by atoms with Gasteiger partial charge >= 0.3 is 0 Å². The molecule has 3 heteroatoms. The lowest BCUT2D eigenvalue weighted by atomic mass is 9.90. The van der Waals surface area contributed by atoms with Crippen molar-refractivity contribution in [2.75, 3.05) is 6.54 Å². The van der Waals surface area contributed by atoms with Gasteiger partial charge < -0.3 is 5.32 Å². The zero-order valence-corrected chi connectivity index (χ0v) is 13.2. The Labute approximate surface area is 128 Å². The predicted octanol–water partition coefficient (Wildman–Crippen LogP) is 4.22. The van der Waals surface area contributed by atoms with Gasteiger partial charge in [-0.05, 0) is 48.7 Å². The SMILES string of the molecule is CCNC(c1cccc(Br)c1)C1CCc2cccnc21. The first-order chi connectivity index (χ1) is 9.79. The van der Waals surface area contributed by atoms with E-state index >= 15 is 0 Å². The fraction of sp³-hybridized carbons (Fsp3) is 0.353. The molecule has 1 heterocycles. The molecule has 0 amide bonds. The molecule has 104 valence electrons. The van der Waals surface area contributed by atoms with Gasteiger partial charge in [0.2, 0.25) is 0 Å². The van der Waals surface area contributed by atoms with Crippen LogP contribution in [0.3, 0.4) is 0 Å². The van der Waals surface area contributed by atoms with Crippen LogP contribution in [-0.4, -0.2) is 11.5 Å². The minimum atomic E-state index is 0.341. The van der Waals surface area contributed by atoms with E-state index in [1.54, 1.807) is 0 Å². The number of benzene rings is 1.